The minimum Gasteiger partial charge on any atom is -0.497 e. The van der Waals surface area contributed by atoms with E-state index in [4.69, 9.17) is 4.74 Å². The van der Waals surface area contributed by atoms with Crippen LogP contribution >= 0.6 is 0 Å². The Hall–Kier alpha value is -3.33. The molecule has 2 heterocycles. The largest absolute Gasteiger partial charge is 0.497 e. The lowest BCUT2D eigenvalue weighted by Gasteiger charge is -2.40. The molecule has 182 valence electrons. The highest BCUT2D eigenvalue weighted by atomic mass is 19.1. The average Bonchev–Trinajstić information content (AvgIpc) is 3.32. The maximum atomic E-state index is 13.5. The Morgan fingerprint density at radius 3 is 2.20 bits per heavy atom. The van der Waals surface area contributed by atoms with Crippen LogP contribution in [0.2, 0.25) is 0 Å². The number of hydrogen-bond acceptors (Lipinski definition) is 5. The first-order chi connectivity index (χ1) is 17.0. The number of carbonyl (C=O) groups excluding carboxylic acids is 1. The minimum absolute atomic E-state index is 0.0509. The summed E-state index contributed by atoms with van der Waals surface area (Å²) in [6, 6.07) is 20.1. The van der Waals surface area contributed by atoms with Gasteiger partial charge >= 0.3 is 0 Å². The van der Waals surface area contributed by atoms with Crippen LogP contribution < -0.4 is 26.2 Å². The second kappa shape index (κ2) is 10.1. The van der Waals surface area contributed by atoms with Crippen molar-refractivity contribution in [2.24, 2.45) is 11.8 Å². The van der Waals surface area contributed by atoms with E-state index >= 15 is 0 Å². The van der Waals surface area contributed by atoms with E-state index in [1.165, 1.54) is 24.3 Å². The number of nitrogens with one attached hydrogen (secondary N) is 4. The van der Waals surface area contributed by atoms with Gasteiger partial charge in [0, 0.05) is 24.4 Å². The van der Waals surface area contributed by atoms with Crippen molar-refractivity contribution in [1.82, 2.24) is 21.5 Å². The van der Waals surface area contributed by atoms with Gasteiger partial charge in [0.25, 0.3) is 0 Å². The molecule has 5 unspecified atom stereocenters. The molecule has 0 spiro atoms. The summed E-state index contributed by atoms with van der Waals surface area (Å²) in [7, 11) is 1.63. The highest BCUT2D eigenvalue weighted by molar-refractivity contribution is 5.79. The van der Waals surface area contributed by atoms with Gasteiger partial charge in [-0.2, -0.15) is 0 Å². The Morgan fingerprint density at radius 1 is 0.914 bits per heavy atom. The van der Waals surface area contributed by atoms with Crippen LogP contribution in [0, 0.1) is 23.5 Å². The molecule has 3 aromatic rings. The van der Waals surface area contributed by atoms with Gasteiger partial charge in [-0.3, -0.25) is 10.1 Å². The van der Waals surface area contributed by atoms with E-state index in [2.05, 4.69) is 21.5 Å². The Labute approximate surface area is 203 Å². The third kappa shape index (κ3) is 5.05. The minimum atomic E-state index is -0.327. The van der Waals surface area contributed by atoms with Crippen LogP contribution in [0.3, 0.4) is 0 Å². The number of amides is 1. The van der Waals surface area contributed by atoms with E-state index in [1.54, 1.807) is 31.4 Å². The summed E-state index contributed by atoms with van der Waals surface area (Å²) in [6.45, 7) is 0.315. The van der Waals surface area contributed by atoms with Crippen LogP contribution in [0.15, 0.2) is 72.8 Å². The fourth-order valence-electron chi connectivity index (χ4n) is 5.13. The molecular weight excluding hydrogens is 450 g/mol. The normalized spacial score (nSPS) is 25.6. The van der Waals surface area contributed by atoms with Gasteiger partial charge in [0.2, 0.25) is 5.91 Å². The molecule has 0 aromatic heterocycles. The van der Waals surface area contributed by atoms with Crippen LogP contribution in [0.5, 0.6) is 5.75 Å². The molecule has 1 amide bonds. The van der Waals surface area contributed by atoms with Crippen molar-refractivity contribution in [3.63, 3.8) is 0 Å². The molecule has 0 bridgehead atoms. The Balaban J connectivity index is 1.40. The number of rotatable bonds is 6. The van der Waals surface area contributed by atoms with Crippen LogP contribution in [0.25, 0.3) is 0 Å². The predicted octanol–water partition coefficient (Wildman–Crippen LogP) is 3.73. The predicted molar refractivity (Wildman–Crippen MR) is 128 cm³/mol. The highest BCUT2D eigenvalue weighted by Gasteiger charge is 2.49. The second-order valence-corrected chi connectivity index (χ2v) is 9.05. The van der Waals surface area contributed by atoms with E-state index in [0.717, 1.165) is 22.4 Å². The summed E-state index contributed by atoms with van der Waals surface area (Å²) >= 11 is 0. The van der Waals surface area contributed by atoms with Crippen molar-refractivity contribution in [2.75, 3.05) is 7.11 Å². The Bertz CT molecular complexity index is 1160. The first-order valence-corrected chi connectivity index (χ1v) is 11.7. The molecule has 2 fully saturated rings. The molecule has 3 aromatic carbocycles. The second-order valence-electron chi connectivity index (χ2n) is 9.05. The van der Waals surface area contributed by atoms with E-state index < -0.39 is 0 Å². The van der Waals surface area contributed by atoms with Gasteiger partial charge in [0.15, 0.2) is 0 Å². The zero-order valence-electron chi connectivity index (χ0n) is 19.3. The van der Waals surface area contributed by atoms with Gasteiger partial charge in [0.1, 0.15) is 17.4 Å². The SMILES string of the molecule is COc1ccc(C2CC(C(=O)NCc3ccc(F)cc3)C3C(NNC3c3ccc(F)cc3)N2)cc1. The zero-order chi connectivity index (χ0) is 24.4. The van der Waals surface area contributed by atoms with E-state index in [9.17, 15) is 13.6 Å². The third-order valence-corrected chi connectivity index (χ3v) is 6.96. The summed E-state index contributed by atoms with van der Waals surface area (Å²) in [5.74, 6) is -0.343. The molecule has 2 aliphatic rings. The molecule has 0 aliphatic carbocycles. The molecule has 8 heteroatoms. The molecule has 2 aliphatic heterocycles. The molecular formula is C27H28F2N4O2. The molecule has 0 saturated carbocycles. The maximum Gasteiger partial charge on any atom is 0.223 e. The first-order valence-electron chi connectivity index (χ1n) is 11.7. The molecule has 0 radical (unpaired) electrons. The van der Waals surface area contributed by atoms with Crippen molar-refractivity contribution < 1.29 is 18.3 Å². The lowest BCUT2D eigenvalue weighted by molar-refractivity contribution is -0.129. The van der Waals surface area contributed by atoms with Crippen molar-refractivity contribution in [1.29, 1.82) is 0 Å². The lowest BCUT2D eigenvalue weighted by atomic mass is 9.74. The van der Waals surface area contributed by atoms with Gasteiger partial charge in [-0.05, 0) is 59.5 Å². The number of hydrogen-bond donors (Lipinski definition) is 4. The van der Waals surface area contributed by atoms with Crippen molar-refractivity contribution in [2.45, 2.75) is 31.2 Å². The van der Waals surface area contributed by atoms with E-state index in [1.807, 2.05) is 24.3 Å². The smallest absolute Gasteiger partial charge is 0.223 e. The maximum absolute atomic E-state index is 13.5. The van der Waals surface area contributed by atoms with Gasteiger partial charge in [0.05, 0.1) is 19.3 Å². The number of hydrazine groups is 1. The van der Waals surface area contributed by atoms with Crippen molar-refractivity contribution in [3.05, 3.63) is 101 Å². The Morgan fingerprint density at radius 2 is 1.54 bits per heavy atom. The molecule has 5 atom stereocenters. The molecule has 35 heavy (non-hydrogen) atoms. The standard InChI is InChI=1S/C27H28F2N4O2/c1-35-21-12-6-17(7-13-21)23-14-22(27(34)30-15-16-2-8-19(28)9-3-16)24-25(32-33-26(24)31-23)18-4-10-20(29)11-5-18/h2-13,22-26,31-33H,14-15H2,1H3,(H,30,34). The van der Waals surface area contributed by atoms with Gasteiger partial charge in [-0.15, -0.1) is 0 Å². The summed E-state index contributed by atoms with van der Waals surface area (Å²) in [5.41, 5.74) is 9.42. The molecule has 2 saturated heterocycles. The number of halogens is 2. The van der Waals surface area contributed by atoms with Crippen LogP contribution in [0.4, 0.5) is 8.78 Å². The number of fused-ring (bicyclic) bond motifs is 1. The van der Waals surface area contributed by atoms with Gasteiger partial charge < -0.3 is 10.1 Å². The first kappa shape index (κ1) is 23.4. The van der Waals surface area contributed by atoms with E-state index in [0.29, 0.717) is 13.0 Å². The summed E-state index contributed by atoms with van der Waals surface area (Å²) in [5, 5.41) is 6.68. The quantitative estimate of drug-likeness (QED) is 0.435. The number of methoxy groups -OCH3 is 1. The third-order valence-electron chi connectivity index (χ3n) is 6.96. The number of piperidine rings is 1. The van der Waals surface area contributed by atoms with Crippen molar-refractivity contribution >= 4 is 5.91 Å². The highest BCUT2D eigenvalue weighted by Crippen LogP contribution is 2.42. The van der Waals surface area contributed by atoms with Crippen LogP contribution in [0.1, 0.15) is 35.2 Å². The molecule has 6 nitrogen and oxygen atoms in total. The summed E-state index contributed by atoms with van der Waals surface area (Å²) < 4.78 is 32.1. The molecule has 5 rings (SSSR count). The van der Waals surface area contributed by atoms with E-state index in [-0.39, 0.29) is 47.6 Å². The average molecular weight is 479 g/mol. The fraction of sp³-hybridized carbons (Fsp3) is 0.296. The van der Waals surface area contributed by atoms with Crippen LogP contribution in [-0.2, 0) is 11.3 Å². The topological polar surface area (TPSA) is 74.4 Å². The monoisotopic (exact) mass is 478 g/mol. The lowest BCUT2D eigenvalue weighted by Crippen LogP contribution is -2.54. The van der Waals surface area contributed by atoms with Crippen molar-refractivity contribution in [3.8, 4) is 5.75 Å². The number of benzene rings is 3. The fourth-order valence-corrected chi connectivity index (χ4v) is 5.13. The summed E-state index contributed by atoms with van der Waals surface area (Å²) in [4.78, 5) is 13.5. The summed E-state index contributed by atoms with van der Waals surface area (Å²) in [6.07, 6.45) is 0.413. The Kier molecular flexibility index (Phi) is 6.77. The number of carbonyl (C=O) groups is 1. The van der Waals surface area contributed by atoms with Gasteiger partial charge in [-0.25, -0.2) is 19.6 Å². The van der Waals surface area contributed by atoms with Gasteiger partial charge in [-0.1, -0.05) is 36.4 Å². The zero-order valence-corrected chi connectivity index (χ0v) is 19.3. The van der Waals surface area contributed by atoms with Crippen LogP contribution in [-0.4, -0.2) is 19.2 Å². The molecule has 4 N–H and O–H groups in total. The number of ether oxygens (including phenoxy) is 1.